The van der Waals surface area contributed by atoms with Gasteiger partial charge in [0.2, 0.25) is 15.9 Å². The van der Waals surface area contributed by atoms with Gasteiger partial charge in [0.25, 0.3) is 0 Å². The molecule has 2 aliphatic heterocycles. The lowest BCUT2D eigenvalue weighted by Gasteiger charge is -2.31. The molecule has 6 nitrogen and oxygen atoms in total. The van der Waals surface area contributed by atoms with E-state index in [1.807, 2.05) is 6.92 Å². The normalized spacial score (nSPS) is 27.7. The fourth-order valence-electron chi connectivity index (χ4n) is 2.96. The highest BCUT2D eigenvalue weighted by Gasteiger charge is 2.32. The molecule has 21 heavy (non-hydrogen) atoms. The number of nitrogens with zero attached hydrogens (tertiary/aromatic N) is 1. The molecule has 0 saturated carbocycles. The quantitative estimate of drug-likeness (QED) is 0.783. The minimum Gasteiger partial charge on any atom is -0.376 e. The van der Waals surface area contributed by atoms with Gasteiger partial charge in [-0.15, -0.1) is 0 Å². The second-order valence-corrected chi connectivity index (χ2v) is 7.98. The first-order valence-electron chi connectivity index (χ1n) is 7.90. The molecule has 2 rings (SSSR count). The van der Waals surface area contributed by atoms with Gasteiger partial charge < -0.3 is 10.1 Å². The van der Waals surface area contributed by atoms with Gasteiger partial charge in [0, 0.05) is 26.2 Å². The molecule has 0 radical (unpaired) electrons. The highest BCUT2D eigenvalue weighted by atomic mass is 32.2. The Labute approximate surface area is 127 Å². The zero-order chi connectivity index (χ0) is 15.3. The molecule has 2 atom stereocenters. The maximum absolute atomic E-state index is 12.2. The number of hydrogen-bond acceptors (Lipinski definition) is 4. The van der Waals surface area contributed by atoms with Gasteiger partial charge in [0.15, 0.2) is 0 Å². The van der Waals surface area contributed by atoms with E-state index in [2.05, 4.69) is 5.32 Å². The van der Waals surface area contributed by atoms with E-state index in [1.54, 1.807) is 0 Å². The summed E-state index contributed by atoms with van der Waals surface area (Å²) in [6, 6.07) is 0. The average molecular weight is 318 g/mol. The Morgan fingerprint density at radius 1 is 1.33 bits per heavy atom. The number of carbonyl (C=O) groups is 1. The van der Waals surface area contributed by atoms with E-state index in [-0.39, 0.29) is 23.7 Å². The molecule has 122 valence electrons. The van der Waals surface area contributed by atoms with Gasteiger partial charge in [0.05, 0.1) is 17.8 Å². The number of ether oxygens (including phenoxy) is 1. The molecule has 0 aromatic rings. The summed E-state index contributed by atoms with van der Waals surface area (Å²) in [4.78, 5) is 12.2. The molecule has 0 aliphatic carbocycles. The van der Waals surface area contributed by atoms with E-state index in [4.69, 9.17) is 4.74 Å². The zero-order valence-corrected chi connectivity index (χ0v) is 13.5. The summed E-state index contributed by atoms with van der Waals surface area (Å²) in [5, 5.41) is 2.91. The number of rotatable bonds is 6. The Kier molecular flexibility index (Phi) is 6.01. The van der Waals surface area contributed by atoms with Gasteiger partial charge in [-0.3, -0.25) is 4.79 Å². The molecule has 2 fully saturated rings. The third-order valence-electron chi connectivity index (χ3n) is 4.14. The number of carbonyl (C=O) groups excluding carboxylic acids is 1. The number of nitrogens with one attached hydrogen (secondary N) is 1. The average Bonchev–Trinajstić information content (AvgIpc) is 2.98. The Balaban J connectivity index is 1.83. The van der Waals surface area contributed by atoms with E-state index in [9.17, 15) is 13.2 Å². The lowest BCUT2D eigenvalue weighted by Crippen LogP contribution is -2.47. The predicted octanol–water partition coefficient (Wildman–Crippen LogP) is 0.733. The molecule has 1 N–H and O–H groups in total. The Hall–Kier alpha value is -0.660. The molecule has 2 aliphatic rings. The zero-order valence-electron chi connectivity index (χ0n) is 12.7. The largest absolute Gasteiger partial charge is 0.376 e. The summed E-state index contributed by atoms with van der Waals surface area (Å²) < 4.78 is 31.1. The van der Waals surface area contributed by atoms with Crippen LogP contribution in [-0.4, -0.2) is 56.7 Å². The summed E-state index contributed by atoms with van der Waals surface area (Å²) in [5.74, 6) is -0.106. The van der Waals surface area contributed by atoms with Gasteiger partial charge in [-0.05, 0) is 32.1 Å². The first-order chi connectivity index (χ1) is 10.0. The highest BCUT2D eigenvalue weighted by molar-refractivity contribution is 7.89. The van der Waals surface area contributed by atoms with E-state index < -0.39 is 10.0 Å². The third kappa shape index (κ3) is 4.66. The van der Waals surface area contributed by atoms with E-state index in [1.165, 1.54) is 4.31 Å². The summed E-state index contributed by atoms with van der Waals surface area (Å²) in [7, 11) is -3.20. The highest BCUT2D eigenvalue weighted by Crippen LogP contribution is 2.20. The minimum atomic E-state index is -3.20. The second kappa shape index (κ2) is 7.56. The first-order valence-corrected chi connectivity index (χ1v) is 9.51. The monoisotopic (exact) mass is 318 g/mol. The van der Waals surface area contributed by atoms with Crippen LogP contribution < -0.4 is 5.32 Å². The Morgan fingerprint density at radius 2 is 2.14 bits per heavy atom. The molecule has 1 amide bonds. The van der Waals surface area contributed by atoms with Gasteiger partial charge in [-0.2, -0.15) is 0 Å². The number of hydrogen-bond donors (Lipinski definition) is 1. The van der Waals surface area contributed by atoms with E-state index in [0.717, 1.165) is 32.3 Å². The lowest BCUT2D eigenvalue weighted by molar-refractivity contribution is -0.126. The smallest absolute Gasteiger partial charge is 0.224 e. The standard InChI is InChI=1S/C14H26N2O4S/c1-2-9-21(18,19)16-7-3-5-12(11-16)14(17)15-10-13-6-4-8-20-13/h12-13H,2-11H2,1H3,(H,15,17)/t12-,13+/m1/s1. The van der Waals surface area contributed by atoms with Crippen LogP contribution in [0.25, 0.3) is 0 Å². The molecule has 0 bridgehead atoms. The molecule has 7 heteroatoms. The van der Waals surface area contributed by atoms with Crippen LogP contribution in [-0.2, 0) is 19.6 Å². The van der Waals surface area contributed by atoms with Gasteiger partial charge >= 0.3 is 0 Å². The summed E-state index contributed by atoms with van der Waals surface area (Å²) in [5.41, 5.74) is 0. The maximum atomic E-state index is 12.2. The summed E-state index contributed by atoms with van der Waals surface area (Å²) in [6.07, 6.45) is 4.28. The van der Waals surface area contributed by atoms with Crippen molar-refractivity contribution in [3.05, 3.63) is 0 Å². The second-order valence-electron chi connectivity index (χ2n) is 5.89. The van der Waals surface area contributed by atoms with E-state index >= 15 is 0 Å². The summed E-state index contributed by atoms with van der Waals surface area (Å²) >= 11 is 0. The predicted molar refractivity (Wildman–Crippen MR) is 80.4 cm³/mol. The van der Waals surface area contributed by atoms with Crippen molar-refractivity contribution < 1.29 is 17.9 Å². The van der Waals surface area contributed by atoms with Crippen molar-refractivity contribution >= 4 is 15.9 Å². The van der Waals surface area contributed by atoms with Crippen molar-refractivity contribution in [3.8, 4) is 0 Å². The van der Waals surface area contributed by atoms with Crippen LogP contribution in [0.1, 0.15) is 39.0 Å². The van der Waals surface area contributed by atoms with Crippen LogP contribution in [0.2, 0.25) is 0 Å². The van der Waals surface area contributed by atoms with Crippen LogP contribution in [0.15, 0.2) is 0 Å². The van der Waals surface area contributed by atoms with E-state index in [0.29, 0.717) is 26.1 Å². The molecular weight excluding hydrogens is 292 g/mol. The molecule has 0 spiro atoms. The van der Waals surface area contributed by atoms with Crippen molar-refractivity contribution in [2.75, 3.05) is 32.0 Å². The number of piperidine rings is 1. The maximum Gasteiger partial charge on any atom is 0.224 e. The van der Waals surface area contributed by atoms with Crippen molar-refractivity contribution in [2.45, 2.75) is 45.1 Å². The molecule has 2 saturated heterocycles. The van der Waals surface area contributed by atoms with Crippen LogP contribution >= 0.6 is 0 Å². The topological polar surface area (TPSA) is 75.7 Å². The molecule has 2 heterocycles. The van der Waals surface area contributed by atoms with Crippen molar-refractivity contribution in [1.82, 2.24) is 9.62 Å². The lowest BCUT2D eigenvalue weighted by atomic mass is 9.99. The van der Waals surface area contributed by atoms with Crippen molar-refractivity contribution in [2.24, 2.45) is 5.92 Å². The van der Waals surface area contributed by atoms with Crippen LogP contribution in [0.4, 0.5) is 0 Å². The van der Waals surface area contributed by atoms with Gasteiger partial charge in [0.1, 0.15) is 0 Å². The molecule has 0 aromatic carbocycles. The fourth-order valence-corrected chi connectivity index (χ4v) is 4.55. The van der Waals surface area contributed by atoms with Crippen LogP contribution in [0.5, 0.6) is 0 Å². The Bertz CT molecular complexity index is 446. The van der Waals surface area contributed by atoms with Crippen molar-refractivity contribution in [3.63, 3.8) is 0 Å². The van der Waals surface area contributed by atoms with Crippen LogP contribution in [0, 0.1) is 5.92 Å². The molecule has 0 unspecified atom stereocenters. The minimum absolute atomic E-state index is 0.0399. The molecule has 0 aromatic heterocycles. The van der Waals surface area contributed by atoms with Crippen LogP contribution in [0.3, 0.4) is 0 Å². The Morgan fingerprint density at radius 3 is 2.81 bits per heavy atom. The SMILES string of the molecule is CCCS(=O)(=O)N1CCC[C@@H](C(=O)NC[C@@H]2CCCO2)C1. The third-order valence-corrected chi connectivity index (χ3v) is 6.18. The van der Waals surface area contributed by atoms with Gasteiger partial charge in [-0.1, -0.05) is 6.92 Å². The van der Waals surface area contributed by atoms with Gasteiger partial charge in [-0.25, -0.2) is 12.7 Å². The number of amides is 1. The first kappa shape index (κ1) is 16.7. The van der Waals surface area contributed by atoms with Crippen molar-refractivity contribution in [1.29, 1.82) is 0 Å². The number of sulfonamides is 1. The molecular formula is C14H26N2O4S. The summed E-state index contributed by atoms with van der Waals surface area (Å²) in [6.45, 7) is 4.02. The fraction of sp³-hybridized carbons (Fsp3) is 0.929.